The van der Waals surface area contributed by atoms with Crippen molar-refractivity contribution in [1.82, 2.24) is 9.97 Å². The van der Waals surface area contributed by atoms with Gasteiger partial charge in [-0.15, -0.1) is 0 Å². The minimum absolute atomic E-state index is 0.111. The van der Waals surface area contributed by atoms with Crippen LogP contribution in [-0.2, 0) is 4.74 Å². The van der Waals surface area contributed by atoms with E-state index in [0.29, 0.717) is 29.1 Å². The largest absolute Gasteiger partial charge is 0.399 e. The fraction of sp³-hybridized carbons (Fsp3) is 0.385. The van der Waals surface area contributed by atoms with Crippen LogP contribution in [0.3, 0.4) is 0 Å². The predicted octanol–water partition coefficient (Wildman–Crippen LogP) is 0.976. The molecule has 0 aliphatic rings. The zero-order valence-electron chi connectivity index (χ0n) is 11.3. The molecule has 0 radical (unpaired) electrons. The fourth-order valence-electron chi connectivity index (χ4n) is 1.87. The van der Waals surface area contributed by atoms with Gasteiger partial charge in [0.25, 0.3) is 5.56 Å². The number of aromatic nitrogens is 2. The van der Waals surface area contributed by atoms with E-state index in [0.717, 1.165) is 0 Å². The number of hydrogen-bond acceptors (Lipinski definition) is 5. The number of hydrogen-bond donors (Lipinski definition) is 2. The molecule has 3 N–H and O–H groups in total. The number of H-pyrrole nitrogens is 1. The average Bonchev–Trinajstić information content (AvgIpc) is 2.38. The van der Waals surface area contributed by atoms with Gasteiger partial charge in [0.15, 0.2) is 0 Å². The van der Waals surface area contributed by atoms with E-state index in [1.165, 1.54) is 0 Å². The third kappa shape index (κ3) is 2.68. The number of likely N-dealkylation sites (N-methyl/N-ethyl adjacent to an activating group) is 1. The number of rotatable bonds is 4. The molecule has 1 heterocycles. The first-order valence-corrected chi connectivity index (χ1v) is 6.04. The highest BCUT2D eigenvalue weighted by atomic mass is 16.5. The highest BCUT2D eigenvalue weighted by Gasteiger charge is 2.13. The summed E-state index contributed by atoms with van der Waals surface area (Å²) in [6, 6.07) is 5.22. The molecule has 19 heavy (non-hydrogen) atoms. The van der Waals surface area contributed by atoms with Crippen molar-refractivity contribution < 1.29 is 4.74 Å². The molecule has 1 atom stereocenters. The van der Waals surface area contributed by atoms with E-state index in [1.807, 2.05) is 18.9 Å². The Bertz CT molecular complexity index is 638. The maximum atomic E-state index is 12.0. The number of nitrogen functional groups attached to an aromatic ring is 1. The molecular weight excluding hydrogens is 244 g/mol. The molecule has 0 fully saturated rings. The van der Waals surface area contributed by atoms with Gasteiger partial charge in [-0.2, -0.15) is 0 Å². The second-order valence-electron chi connectivity index (χ2n) is 4.58. The van der Waals surface area contributed by atoms with Crippen molar-refractivity contribution in [3.8, 4) is 0 Å². The molecule has 1 aromatic heterocycles. The van der Waals surface area contributed by atoms with Gasteiger partial charge in [-0.3, -0.25) is 9.78 Å². The van der Waals surface area contributed by atoms with Crippen LogP contribution in [0.25, 0.3) is 10.9 Å². The lowest BCUT2D eigenvalue weighted by atomic mass is 10.2. The monoisotopic (exact) mass is 262 g/mol. The van der Waals surface area contributed by atoms with Crippen LogP contribution in [0.4, 0.5) is 11.6 Å². The van der Waals surface area contributed by atoms with Crippen molar-refractivity contribution in [1.29, 1.82) is 0 Å². The van der Waals surface area contributed by atoms with Gasteiger partial charge in [0.2, 0.25) is 5.95 Å². The molecule has 0 saturated carbocycles. The summed E-state index contributed by atoms with van der Waals surface area (Å²) in [6.45, 7) is 2.55. The number of fused-ring (bicyclic) bond motifs is 1. The van der Waals surface area contributed by atoms with Gasteiger partial charge in [-0.1, -0.05) is 0 Å². The SMILES string of the molecule is COCC(C)N(C)c1nc2ccc(N)cc2c(=O)[nH]1. The molecule has 6 heteroatoms. The first-order chi connectivity index (χ1) is 9.02. The highest BCUT2D eigenvalue weighted by Crippen LogP contribution is 2.15. The first-order valence-electron chi connectivity index (χ1n) is 6.04. The van der Waals surface area contributed by atoms with Crippen molar-refractivity contribution >= 4 is 22.5 Å². The minimum atomic E-state index is -0.191. The summed E-state index contributed by atoms with van der Waals surface area (Å²) >= 11 is 0. The van der Waals surface area contributed by atoms with Gasteiger partial charge in [0.05, 0.1) is 23.6 Å². The number of aromatic amines is 1. The molecule has 102 valence electrons. The highest BCUT2D eigenvalue weighted by molar-refractivity contribution is 5.81. The van der Waals surface area contributed by atoms with Crippen LogP contribution < -0.4 is 16.2 Å². The molecule has 0 spiro atoms. The number of nitrogens with one attached hydrogen (secondary N) is 1. The summed E-state index contributed by atoms with van der Waals surface area (Å²) in [5, 5.41) is 0.497. The number of nitrogens with zero attached hydrogens (tertiary/aromatic N) is 2. The molecule has 1 unspecified atom stereocenters. The van der Waals surface area contributed by atoms with E-state index < -0.39 is 0 Å². The molecule has 0 saturated heterocycles. The molecule has 2 rings (SSSR count). The van der Waals surface area contributed by atoms with E-state index in [-0.39, 0.29) is 11.6 Å². The molecule has 0 bridgehead atoms. The van der Waals surface area contributed by atoms with Gasteiger partial charge < -0.3 is 15.4 Å². The van der Waals surface area contributed by atoms with Crippen LogP contribution >= 0.6 is 0 Å². The maximum absolute atomic E-state index is 12.0. The Morgan fingerprint density at radius 2 is 2.26 bits per heavy atom. The number of ether oxygens (including phenoxy) is 1. The predicted molar refractivity (Wildman–Crippen MR) is 76.5 cm³/mol. The van der Waals surface area contributed by atoms with E-state index in [4.69, 9.17) is 10.5 Å². The lowest BCUT2D eigenvalue weighted by Gasteiger charge is -2.24. The summed E-state index contributed by atoms with van der Waals surface area (Å²) in [5.41, 5.74) is 6.66. The van der Waals surface area contributed by atoms with E-state index in [2.05, 4.69) is 9.97 Å². The molecule has 2 aromatic rings. The zero-order valence-corrected chi connectivity index (χ0v) is 11.3. The van der Waals surface area contributed by atoms with Crippen LogP contribution in [0.1, 0.15) is 6.92 Å². The second-order valence-corrected chi connectivity index (χ2v) is 4.58. The van der Waals surface area contributed by atoms with Gasteiger partial charge in [0.1, 0.15) is 0 Å². The lowest BCUT2D eigenvalue weighted by Crippen LogP contribution is -2.35. The third-order valence-electron chi connectivity index (χ3n) is 3.12. The van der Waals surface area contributed by atoms with Crippen LogP contribution in [0.15, 0.2) is 23.0 Å². The maximum Gasteiger partial charge on any atom is 0.260 e. The second kappa shape index (κ2) is 5.27. The molecular formula is C13H18N4O2. The quantitative estimate of drug-likeness (QED) is 0.802. The lowest BCUT2D eigenvalue weighted by molar-refractivity contribution is 0.183. The minimum Gasteiger partial charge on any atom is -0.399 e. The fourth-order valence-corrected chi connectivity index (χ4v) is 1.87. The summed E-state index contributed by atoms with van der Waals surface area (Å²) < 4.78 is 5.10. The summed E-state index contributed by atoms with van der Waals surface area (Å²) in [4.78, 5) is 21.1. The van der Waals surface area contributed by atoms with E-state index in [1.54, 1.807) is 25.3 Å². The Balaban J connectivity index is 2.46. The van der Waals surface area contributed by atoms with Crippen LogP contribution in [0.5, 0.6) is 0 Å². The topological polar surface area (TPSA) is 84.2 Å². The average molecular weight is 262 g/mol. The first kappa shape index (κ1) is 13.4. The molecule has 0 aliphatic carbocycles. The summed E-state index contributed by atoms with van der Waals surface area (Å²) in [6.07, 6.45) is 0. The molecule has 0 amide bonds. The number of methoxy groups -OCH3 is 1. The van der Waals surface area contributed by atoms with Crippen molar-refractivity contribution in [3.05, 3.63) is 28.6 Å². The van der Waals surface area contributed by atoms with Crippen molar-refractivity contribution in [2.75, 3.05) is 31.4 Å². The molecule has 6 nitrogen and oxygen atoms in total. The summed E-state index contributed by atoms with van der Waals surface area (Å²) in [5.74, 6) is 0.520. The van der Waals surface area contributed by atoms with Gasteiger partial charge in [-0.25, -0.2) is 4.98 Å². The van der Waals surface area contributed by atoms with Crippen molar-refractivity contribution in [3.63, 3.8) is 0 Å². The Morgan fingerprint density at radius 1 is 1.53 bits per heavy atom. The van der Waals surface area contributed by atoms with Gasteiger partial charge >= 0.3 is 0 Å². The number of benzene rings is 1. The van der Waals surface area contributed by atoms with Crippen LogP contribution in [0.2, 0.25) is 0 Å². The Labute approximate surface area is 111 Å². The Kier molecular flexibility index (Phi) is 3.71. The number of nitrogens with two attached hydrogens (primary N) is 1. The van der Waals surface area contributed by atoms with Gasteiger partial charge in [0, 0.05) is 19.8 Å². The Morgan fingerprint density at radius 3 is 2.95 bits per heavy atom. The van der Waals surface area contributed by atoms with E-state index >= 15 is 0 Å². The number of anilines is 2. The van der Waals surface area contributed by atoms with Crippen LogP contribution in [0, 0.1) is 0 Å². The van der Waals surface area contributed by atoms with E-state index in [9.17, 15) is 4.79 Å². The smallest absolute Gasteiger partial charge is 0.260 e. The van der Waals surface area contributed by atoms with Gasteiger partial charge in [-0.05, 0) is 25.1 Å². The van der Waals surface area contributed by atoms with Crippen LogP contribution in [-0.4, -0.2) is 36.8 Å². The summed E-state index contributed by atoms with van der Waals surface area (Å²) in [7, 11) is 3.51. The molecule has 0 aliphatic heterocycles. The van der Waals surface area contributed by atoms with Crippen molar-refractivity contribution in [2.24, 2.45) is 0 Å². The molecule has 1 aromatic carbocycles. The standard InChI is InChI=1S/C13H18N4O2/c1-8(7-19-3)17(2)13-15-11-5-4-9(14)6-10(11)12(18)16-13/h4-6,8H,7,14H2,1-3H3,(H,15,16,18). The normalized spacial score (nSPS) is 12.6. The zero-order chi connectivity index (χ0) is 14.0. The third-order valence-corrected chi connectivity index (χ3v) is 3.12. The van der Waals surface area contributed by atoms with Crippen molar-refractivity contribution in [2.45, 2.75) is 13.0 Å². The Hall–Kier alpha value is -2.08.